The molecule has 0 aliphatic carbocycles. The van der Waals surface area contributed by atoms with Gasteiger partial charge in [0.1, 0.15) is 5.75 Å². The predicted molar refractivity (Wildman–Crippen MR) is 66.3 cm³/mol. The van der Waals surface area contributed by atoms with Gasteiger partial charge in [-0.25, -0.2) is 0 Å². The van der Waals surface area contributed by atoms with Gasteiger partial charge in [0.15, 0.2) is 11.5 Å². The maximum Gasteiger partial charge on any atom is 0.161 e. The van der Waals surface area contributed by atoms with Crippen LogP contribution in [0.25, 0.3) is 11.1 Å². The Labute approximate surface area is 99.6 Å². The van der Waals surface area contributed by atoms with Crippen LogP contribution in [0.15, 0.2) is 36.4 Å². The molecular formula is C14H14O3. The molecular weight excluding hydrogens is 216 g/mol. The fourth-order valence-electron chi connectivity index (χ4n) is 1.76. The number of phenols is 3. The van der Waals surface area contributed by atoms with E-state index in [1.165, 1.54) is 6.07 Å². The lowest BCUT2D eigenvalue weighted by Gasteiger charge is -2.08. The molecule has 2 aromatic rings. The molecule has 0 unspecified atom stereocenters. The second-order valence-corrected chi connectivity index (χ2v) is 3.91. The van der Waals surface area contributed by atoms with E-state index in [2.05, 4.69) is 0 Å². The summed E-state index contributed by atoms with van der Waals surface area (Å²) < 4.78 is 0. The van der Waals surface area contributed by atoms with Crippen LogP contribution in [-0.2, 0) is 6.42 Å². The van der Waals surface area contributed by atoms with Gasteiger partial charge in [0, 0.05) is 11.6 Å². The first-order valence-corrected chi connectivity index (χ1v) is 5.46. The van der Waals surface area contributed by atoms with Gasteiger partial charge in [-0.15, -0.1) is 0 Å². The molecule has 0 fully saturated rings. The Morgan fingerprint density at radius 1 is 0.882 bits per heavy atom. The minimum atomic E-state index is -0.321. The number of benzene rings is 2. The molecule has 2 rings (SSSR count). The second kappa shape index (κ2) is 4.37. The molecule has 0 aliphatic rings. The Balaban J connectivity index is 2.56. The van der Waals surface area contributed by atoms with Crippen molar-refractivity contribution < 1.29 is 15.3 Å². The number of aromatic hydroxyl groups is 3. The Bertz CT molecular complexity index is 547. The molecule has 3 heteroatoms. The molecule has 3 nitrogen and oxygen atoms in total. The van der Waals surface area contributed by atoms with Crippen molar-refractivity contribution in [3.8, 4) is 28.4 Å². The molecule has 0 saturated carbocycles. The van der Waals surface area contributed by atoms with E-state index in [1.807, 2.05) is 31.2 Å². The van der Waals surface area contributed by atoms with E-state index in [1.54, 1.807) is 0 Å². The summed E-state index contributed by atoms with van der Waals surface area (Å²) in [7, 11) is 0. The predicted octanol–water partition coefficient (Wildman–Crippen LogP) is 3.03. The zero-order chi connectivity index (χ0) is 12.4. The van der Waals surface area contributed by atoms with E-state index in [-0.39, 0.29) is 17.2 Å². The Morgan fingerprint density at radius 3 is 2.29 bits per heavy atom. The van der Waals surface area contributed by atoms with Gasteiger partial charge < -0.3 is 15.3 Å². The molecule has 17 heavy (non-hydrogen) atoms. The van der Waals surface area contributed by atoms with Crippen LogP contribution < -0.4 is 0 Å². The van der Waals surface area contributed by atoms with E-state index >= 15 is 0 Å². The first-order valence-electron chi connectivity index (χ1n) is 5.46. The number of phenolic OH excluding ortho intramolecular Hbond substituents is 3. The van der Waals surface area contributed by atoms with Crippen molar-refractivity contribution in [2.75, 3.05) is 0 Å². The first kappa shape index (κ1) is 11.3. The smallest absolute Gasteiger partial charge is 0.161 e. The second-order valence-electron chi connectivity index (χ2n) is 3.91. The third kappa shape index (κ3) is 2.18. The summed E-state index contributed by atoms with van der Waals surface area (Å²) in [4.78, 5) is 0. The van der Waals surface area contributed by atoms with Crippen molar-refractivity contribution in [1.82, 2.24) is 0 Å². The summed E-state index contributed by atoms with van der Waals surface area (Å²) in [5.74, 6) is -0.605. The van der Waals surface area contributed by atoms with Crippen molar-refractivity contribution in [2.45, 2.75) is 13.3 Å². The van der Waals surface area contributed by atoms with E-state index in [0.29, 0.717) is 5.56 Å². The van der Waals surface area contributed by atoms with Gasteiger partial charge >= 0.3 is 0 Å². The highest BCUT2D eigenvalue weighted by molar-refractivity contribution is 5.73. The maximum absolute atomic E-state index is 9.76. The highest BCUT2D eigenvalue weighted by Gasteiger charge is 2.09. The third-order valence-electron chi connectivity index (χ3n) is 2.74. The van der Waals surface area contributed by atoms with Gasteiger partial charge in [0.05, 0.1) is 0 Å². The maximum atomic E-state index is 9.76. The summed E-state index contributed by atoms with van der Waals surface area (Å²) in [6.45, 7) is 2.05. The summed E-state index contributed by atoms with van der Waals surface area (Å²) >= 11 is 0. The monoisotopic (exact) mass is 230 g/mol. The number of hydrogen-bond donors (Lipinski definition) is 3. The van der Waals surface area contributed by atoms with E-state index < -0.39 is 0 Å². The molecule has 0 heterocycles. The molecule has 2 aromatic carbocycles. The van der Waals surface area contributed by atoms with Crippen LogP contribution >= 0.6 is 0 Å². The SMILES string of the molecule is CCc1cccc(-c2cc(O)c(O)cc2O)c1. The van der Waals surface area contributed by atoms with Crippen LogP contribution in [0, 0.1) is 0 Å². The van der Waals surface area contributed by atoms with Gasteiger partial charge in [0.25, 0.3) is 0 Å². The van der Waals surface area contributed by atoms with E-state index in [9.17, 15) is 15.3 Å². The fraction of sp³-hybridized carbons (Fsp3) is 0.143. The largest absolute Gasteiger partial charge is 0.507 e. The molecule has 88 valence electrons. The average molecular weight is 230 g/mol. The van der Waals surface area contributed by atoms with Crippen molar-refractivity contribution in [3.63, 3.8) is 0 Å². The van der Waals surface area contributed by atoms with E-state index in [4.69, 9.17) is 0 Å². The molecule has 0 saturated heterocycles. The van der Waals surface area contributed by atoms with Gasteiger partial charge in [-0.2, -0.15) is 0 Å². The molecule has 0 bridgehead atoms. The van der Waals surface area contributed by atoms with Gasteiger partial charge in [-0.3, -0.25) is 0 Å². The number of hydrogen-bond acceptors (Lipinski definition) is 3. The Kier molecular flexibility index (Phi) is 2.91. The normalized spacial score (nSPS) is 10.4. The standard InChI is InChI=1S/C14H14O3/c1-2-9-4-3-5-10(6-9)11-7-13(16)14(17)8-12(11)15/h3-8,15-17H,2H2,1H3. The van der Waals surface area contributed by atoms with Crippen molar-refractivity contribution >= 4 is 0 Å². The lowest BCUT2D eigenvalue weighted by atomic mass is 10.0. The summed E-state index contributed by atoms with van der Waals surface area (Å²) in [6.07, 6.45) is 0.901. The topological polar surface area (TPSA) is 60.7 Å². The molecule has 0 spiro atoms. The minimum absolute atomic E-state index is 0.0476. The summed E-state index contributed by atoms with van der Waals surface area (Å²) in [5, 5.41) is 28.5. The molecule has 0 aromatic heterocycles. The highest BCUT2D eigenvalue weighted by Crippen LogP contribution is 2.38. The van der Waals surface area contributed by atoms with Gasteiger partial charge in [0.2, 0.25) is 0 Å². The van der Waals surface area contributed by atoms with Crippen LogP contribution in [0.1, 0.15) is 12.5 Å². The van der Waals surface area contributed by atoms with Crippen molar-refractivity contribution in [2.24, 2.45) is 0 Å². The van der Waals surface area contributed by atoms with Gasteiger partial charge in [-0.05, 0) is 23.6 Å². The lowest BCUT2D eigenvalue weighted by molar-refractivity contribution is 0.397. The van der Waals surface area contributed by atoms with Crippen LogP contribution in [0.2, 0.25) is 0 Å². The van der Waals surface area contributed by atoms with Crippen LogP contribution in [0.4, 0.5) is 0 Å². The first-order chi connectivity index (χ1) is 8.11. The average Bonchev–Trinajstić information content (AvgIpc) is 2.34. The minimum Gasteiger partial charge on any atom is -0.507 e. The number of aryl methyl sites for hydroxylation is 1. The van der Waals surface area contributed by atoms with E-state index in [0.717, 1.165) is 23.6 Å². The highest BCUT2D eigenvalue weighted by atomic mass is 16.3. The zero-order valence-corrected chi connectivity index (χ0v) is 9.51. The van der Waals surface area contributed by atoms with Gasteiger partial charge in [-0.1, -0.05) is 31.2 Å². The Hall–Kier alpha value is -2.16. The Morgan fingerprint density at radius 2 is 1.59 bits per heavy atom. The summed E-state index contributed by atoms with van der Waals surface area (Å²) in [5.41, 5.74) is 2.47. The number of rotatable bonds is 2. The molecule has 0 atom stereocenters. The summed E-state index contributed by atoms with van der Waals surface area (Å²) in [6, 6.07) is 10.2. The van der Waals surface area contributed by atoms with Crippen LogP contribution in [0.5, 0.6) is 17.2 Å². The van der Waals surface area contributed by atoms with Crippen molar-refractivity contribution in [1.29, 1.82) is 0 Å². The fourth-order valence-corrected chi connectivity index (χ4v) is 1.76. The lowest BCUT2D eigenvalue weighted by Crippen LogP contribution is -1.84. The van der Waals surface area contributed by atoms with Crippen molar-refractivity contribution in [3.05, 3.63) is 42.0 Å². The molecule has 3 N–H and O–H groups in total. The quantitative estimate of drug-likeness (QED) is 0.549. The van der Waals surface area contributed by atoms with Crippen LogP contribution in [-0.4, -0.2) is 15.3 Å². The molecule has 0 radical (unpaired) electrons. The molecule has 0 amide bonds. The van der Waals surface area contributed by atoms with Crippen LogP contribution in [0.3, 0.4) is 0 Å². The third-order valence-corrected chi connectivity index (χ3v) is 2.74. The zero-order valence-electron chi connectivity index (χ0n) is 9.51. The molecule has 0 aliphatic heterocycles.